The average Bonchev–Trinajstić information content (AvgIpc) is 2.73. The summed E-state index contributed by atoms with van der Waals surface area (Å²) in [5.74, 6) is -0.109. The number of dihydropyridines is 1. The van der Waals surface area contributed by atoms with Crippen molar-refractivity contribution in [1.29, 1.82) is 0 Å². The minimum atomic E-state index is -0.416. The SMILES string of the molecule is CSc1ccc([C@H]2C(C(=O)Nc3ccc(Br)cn3)=C(C)NC3=C2C(=O)CC(C)(C)C3)cc1. The number of rotatable bonds is 4. The highest BCUT2D eigenvalue weighted by Gasteiger charge is 2.42. The Morgan fingerprint density at radius 1 is 1.19 bits per heavy atom. The molecule has 0 saturated carbocycles. The predicted octanol–water partition coefficient (Wildman–Crippen LogP) is 5.81. The largest absolute Gasteiger partial charge is 0.362 e. The molecule has 2 N–H and O–H groups in total. The van der Waals surface area contributed by atoms with E-state index in [1.54, 1.807) is 24.0 Å². The first-order valence-corrected chi connectivity index (χ1v) is 12.5. The molecule has 1 aromatic carbocycles. The quantitative estimate of drug-likeness (QED) is 0.506. The monoisotopic (exact) mass is 511 g/mol. The maximum Gasteiger partial charge on any atom is 0.255 e. The van der Waals surface area contributed by atoms with Crippen molar-refractivity contribution in [2.75, 3.05) is 11.6 Å². The van der Waals surface area contributed by atoms with Crippen molar-refractivity contribution >= 4 is 45.2 Å². The fourth-order valence-corrected chi connectivity index (χ4v) is 5.14. The first-order chi connectivity index (χ1) is 15.2. The van der Waals surface area contributed by atoms with Gasteiger partial charge in [-0.1, -0.05) is 26.0 Å². The van der Waals surface area contributed by atoms with Crippen LogP contribution in [0.15, 0.2) is 74.5 Å². The molecule has 1 aromatic heterocycles. The summed E-state index contributed by atoms with van der Waals surface area (Å²) in [6.07, 6.45) is 4.91. The number of nitrogens with zero attached hydrogens (tertiary/aromatic N) is 1. The van der Waals surface area contributed by atoms with Gasteiger partial charge in [-0.25, -0.2) is 4.98 Å². The van der Waals surface area contributed by atoms with Gasteiger partial charge >= 0.3 is 0 Å². The number of ketones is 1. The Bertz CT molecular complexity index is 1130. The number of Topliss-reactive ketones (excluding diaryl/α,β-unsaturated/α-hetero) is 1. The molecular formula is C25H26BrN3O2S. The molecule has 2 aliphatic rings. The normalized spacial score (nSPS) is 20.0. The van der Waals surface area contributed by atoms with Gasteiger partial charge in [0.25, 0.3) is 5.91 Å². The predicted molar refractivity (Wildman–Crippen MR) is 132 cm³/mol. The lowest BCUT2D eigenvalue weighted by atomic mass is 9.68. The van der Waals surface area contributed by atoms with Gasteiger partial charge < -0.3 is 10.6 Å². The van der Waals surface area contributed by atoms with E-state index in [1.807, 2.05) is 43.5 Å². The number of nitrogens with one attached hydrogen (secondary N) is 2. The lowest BCUT2D eigenvalue weighted by Crippen LogP contribution is -2.39. The summed E-state index contributed by atoms with van der Waals surface area (Å²) in [6, 6.07) is 11.7. The Balaban J connectivity index is 1.79. The molecule has 0 bridgehead atoms. The molecule has 0 saturated heterocycles. The molecule has 0 unspecified atom stereocenters. The molecule has 0 spiro atoms. The lowest BCUT2D eigenvalue weighted by molar-refractivity contribution is -0.118. The number of aromatic nitrogens is 1. The van der Waals surface area contributed by atoms with Crippen molar-refractivity contribution < 1.29 is 9.59 Å². The van der Waals surface area contributed by atoms with Gasteiger partial charge in [-0.2, -0.15) is 0 Å². The van der Waals surface area contributed by atoms with E-state index in [1.165, 1.54) is 0 Å². The number of amides is 1. The Morgan fingerprint density at radius 2 is 1.91 bits per heavy atom. The van der Waals surface area contributed by atoms with Crippen LogP contribution in [0.4, 0.5) is 5.82 Å². The number of halogens is 1. The van der Waals surface area contributed by atoms with Gasteiger partial charge in [0, 0.05) is 50.4 Å². The Kier molecular flexibility index (Phi) is 6.32. The van der Waals surface area contributed by atoms with E-state index in [9.17, 15) is 9.59 Å². The van der Waals surface area contributed by atoms with Crippen molar-refractivity contribution in [3.63, 3.8) is 0 Å². The topological polar surface area (TPSA) is 71.1 Å². The van der Waals surface area contributed by atoms with Gasteiger partial charge in [-0.3, -0.25) is 9.59 Å². The van der Waals surface area contributed by atoms with Crippen LogP contribution in [0.3, 0.4) is 0 Å². The second kappa shape index (κ2) is 8.87. The molecule has 0 fully saturated rings. The second-order valence-corrected chi connectivity index (χ2v) is 10.8. The zero-order chi connectivity index (χ0) is 23.0. The Hall–Kier alpha value is -2.38. The van der Waals surface area contributed by atoms with E-state index < -0.39 is 5.92 Å². The standard InChI is InChI=1S/C25H26BrN3O2S/c1-14-21(24(31)29-20-10-7-16(26)13-27-20)22(15-5-8-17(32-4)9-6-15)23-18(28-14)11-25(2,3)12-19(23)30/h5-10,13,22,28H,11-12H2,1-4H3,(H,27,29,31)/t22-/m0/s1. The van der Waals surface area contributed by atoms with Crippen LogP contribution in [-0.4, -0.2) is 22.9 Å². The van der Waals surface area contributed by atoms with Gasteiger partial charge in [0.1, 0.15) is 5.82 Å². The van der Waals surface area contributed by atoms with Crippen LogP contribution in [0, 0.1) is 5.41 Å². The van der Waals surface area contributed by atoms with Gasteiger partial charge in [0.2, 0.25) is 0 Å². The van der Waals surface area contributed by atoms with Gasteiger partial charge in [-0.05, 0) is 70.8 Å². The molecule has 1 atom stereocenters. The molecule has 1 aliphatic heterocycles. The highest BCUT2D eigenvalue weighted by Crippen LogP contribution is 2.46. The number of benzene rings is 1. The number of anilines is 1. The van der Waals surface area contributed by atoms with Crippen molar-refractivity contribution in [3.8, 4) is 0 Å². The van der Waals surface area contributed by atoms with Gasteiger partial charge in [0.15, 0.2) is 5.78 Å². The number of allylic oxidation sites excluding steroid dienone is 3. The summed E-state index contributed by atoms with van der Waals surface area (Å²) in [4.78, 5) is 32.2. The highest BCUT2D eigenvalue weighted by atomic mass is 79.9. The fraction of sp³-hybridized carbons (Fsp3) is 0.320. The van der Waals surface area contributed by atoms with Gasteiger partial charge in [-0.15, -0.1) is 11.8 Å². The first-order valence-electron chi connectivity index (χ1n) is 10.5. The summed E-state index contributed by atoms with van der Waals surface area (Å²) in [6.45, 7) is 6.13. The van der Waals surface area contributed by atoms with Crippen LogP contribution in [0.1, 0.15) is 45.1 Å². The number of thioether (sulfide) groups is 1. The van der Waals surface area contributed by atoms with E-state index in [4.69, 9.17) is 0 Å². The zero-order valence-corrected chi connectivity index (χ0v) is 21.0. The molecule has 1 amide bonds. The zero-order valence-electron chi connectivity index (χ0n) is 18.6. The summed E-state index contributed by atoms with van der Waals surface area (Å²) < 4.78 is 0.835. The minimum Gasteiger partial charge on any atom is -0.362 e. The molecule has 2 heterocycles. The second-order valence-electron chi connectivity index (χ2n) is 9.02. The summed E-state index contributed by atoms with van der Waals surface area (Å²) in [7, 11) is 0. The number of carbonyl (C=O) groups is 2. The molecule has 32 heavy (non-hydrogen) atoms. The Labute approximate surface area is 201 Å². The van der Waals surface area contributed by atoms with E-state index in [2.05, 4.69) is 45.4 Å². The van der Waals surface area contributed by atoms with Crippen LogP contribution in [0.2, 0.25) is 0 Å². The average molecular weight is 512 g/mol. The molecule has 5 nitrogen and oxygen atoms in total. The highest BCUT2D eigenvalue weighted by molar-refractivity contribution is 9.10. The maximum absolute atomic E-state index is 13.5. The number of pyridine rings is 1. The molecule has 0 radical (unpaired) electrons. The van der Waals surface area contributed by atoms with Crippen LogP contribution < -0.4 is 10.6 Å². The number of carbonyl (C=O) groups excluding carboxylic acids is 2. The molecule has 4 rings (SSSR count). The van der Waals surface area contributed by atoms with E-state index in [-0.39, 0.29) is 17.1 Å². The minimum absolute atomic E-state index is 0.0993. The summed E-state index contributed by atoms with van der Waals surface area (Å²) in [5, 5.41) is 6.31. The molecule has 7 heteroatoms. The smallest absolute Gasteiger partial charge is 0.255 e. The first kappa shape index (κ1) is 22.8. The van der Waals surface area contributed by atoms with Gasteiger partial charge in [0.05, 0.1) is 0 Å². The molecule has 2 aromatic rings. The molecular weight excluding hydrogens is 486 g/mol. The van der Waals surface area contributed by atoms with Crippen LogP contribution in [-0.2, 0) is 9.59 Å². The van der Waals surface area contributed by atoms with E-state index in [0.717, 1.165) is 32.7 Å². The Morgan fingerprint density at radius 3 is 2.53 bits per heavy atom. The number of hydrogen-bond acceptors (Lipinski definition) is 5. The third-order valence-corrected chi connectivity index (χ3v) is 7.12. The van der Waals surface area contributed by atoms with E-state index >= 15 is 0 Å². The van der Waals surface area contributed by atoms with Crippen molar-refractivity contribution in [2.45, 2.75) is 44.4 Å². The van der Waals surface area contributed by atoms with E-state index in [0.29, 0.717) is 23.4 Å². The fourth-order valence-electron chi connectivity index (χ4n) is 4.50. The van der Waals surface area contributed by atoms with Crippen LogP contribution >= 0.6 is 27.7 Å². The summed E-state index contributed by atoms with van der Waals surface area (Å²) >= 11 is 5.03. The van der Waals surface area contributed by atoms with Crippen molar-refractivity contribution in [2.24, 2.45) is 5.41 Å². The number of hydrogen-bond donors (Lipinski definition) is 2. The van der Waals surface area contributed by atoms with Crippen LogP contribution in [0.5, 0.6) is 0 Å². The molecule has 166 valence electrons. The third kappa shape index (κ3) is 4.55. The van der Waals surface area contributed by atoms with Crippen LogP contribution in [0.25, 0.3) is 0 Å². The summed E-state index contributed by atoms with van der Waals surface area (Å²) in [5.41, 5.74) is 3.79. The lowest BCUT2D eigenvalue weighted by Gasteiger charge is -2.39. The van der Waals surface area contributed by atoms with Crippen molar-refractivity contribution in [3.05, 3.63) is 75.2 Å². The molecule has 1 aliphatic carbocycles. The maximum atomic E-state index is 13.5. The van der Waals surface area contributed by atoms with Crippen molar-refractivity contribution in [1.82, 2.24) is 10.3 Å². The third-order valence-electron chi connectivity index (χ3n) is 5.90.